The zero-order valence-corrected chi connectivity index (χ0v) is 17.5. The average Bonchev–Trinajstić information content (AvgIpc) is 2.75. The third-order valence-electron chi connectivity index (χ3n) is 4.21. The van der Waals surface area contributed by atoms with Crippen molar-refractivity contribution in [3.05, 3.63) is 80.2 Å². The number of rotatable bonds is 5. The van der Waals surface area contributed by atoms with Crippen LogP contribution >= 0.6 is 23.2 Å². The van der Waals surface area contributed by atoms with Crippen LogP contribution in [0.5, 0.6) is 0 Å². The van der Waals surface area contributed by atoms with Crippen LogP contribution in [-0.4, -0.2) is 21.6 Å². The molecule has 2 aromatic carbocycles. The van der Waals surface area contributed by atoms with Crippen LogP contribution in [0.15, 0.2) is 53.3 Å². The maximum Gasteiger partial charge on any atom is 0.290 e. The van der Waals surface area contributed by atoms with Gasteiger partial charge in [-0.2, -0.15) is 5.10 Å². The lowest BCUT2D eigenvalue weighted by Gasteiger charge is -2.10. The molecule has 3 rings (SSSR count). The van der Waals surface area contributed by atoms with Gasteiger partial charge in [-0.1, -0.05) is 60.5 Å². The first-order chi connectivity index (χ1) is 14.4. The number of aromatic nitrogens is 2. The van der Waals surface area contributed by atoms with E-state index in [1.165, 1.54) is 16.8 Å². The molecule has 1 aromatic heterocycles. The van der Waals surface area contributed by atoms with Crippen molar-refractivity contribution in [1.29, 1.82) is 0 Å². The quantitative estimate of drug-likeness (QED) is 0.464. The lowest BCUT2D eigenvalue weighted by molar-refractivity contribution is -0.117. The molecule has 0 saturated heterocycles. The van der Waals surface area contributed by atoms with Crippen LogP contribution in [0, 0.1) is 0 Å². The number of hydrogen-bond acceptors (Lipinski definition) is 4. The Kier molecular flexibility index (Phi) is 6.87. The van der Waals surface area contributed by atoms with E-state index in [4.69, 9.17) is 23.2 Å². The van der Waals surface area contributed by atoms with Crippen LogP contribution < -0.4 is 16.4 Å². The SMILES string of the molecule is CCCn1nc(C(=O)NNC(=O)/C=C/c2cccc(Cl)c2Cl)c2ccccc2c1=O. The molecule has 0 aliphatic carbocycles. The number of fused-ring (bicyclic) bond motifs is 1. The molecule has 0 spiro atoms. The number of amides is 2. The van der Waals surface area contributed by atoms with Gasteiger partial charge in [0, 0.05) is 18.0 Å². The van der Waals surface area contributed by atoms with Gasteiger partial charge in [0.1, 0.15) is 0 Å². The number of carbonyl (C=O) groups is 2. The van der Waals surface area contributed by atoms with Crippen molar-refractivity contribution >= 4 is 51.9 Å². The Morgan fingerprint density at radius 1 is 1.07 bits per heavy atom. The Labute approximate surface area is 182 Å². The molecule has 0 atom stereocenters. The van der Waals surface area contributed by atoms with Gasteiger partial charge in [-0.05, 0) is 30.2 Å². The molecule has 7 nitrogen and oxygen atoms in total. The topological polar surface area (TPSA) is 93.1 Å². The van der Waals surface area contributed by atoms with E-state index in [1.807, 2.05) is 6.92 Å². The van der Waals surface area contributed by atoms with Crippen LogP contribution in [-0.2, 0) is 11.3 Å². The number of nitrogens with one attached hydrogen (secondary N) is 2. The first-order valence-electron chi connectivity index (χ1n) is 9.14. The van der Waals surface area contributed by atoms with Gasteiger partial charge < -0.3 is 0 Å². The van der Waals surface area contributed by atoms with Crippen molar-refractivity contribution in [3.63, 3.8) is 0 Å². The molecule has 0 fully saturated rings. The van der Waals surface area contributed by atoms with E-state index in [2.05, 4.69) is 16.0 Å². The molecule has 2 amide bonds. The van der Waals surface area contributed by atoms with Crippen molar-refractivity contribution in [3.8, 4) is 0 Å². The molecule has 154 valence electrons. The minimum Gasteiger partial charge on any atom is -0.268 e. The highest BCUT2D eigenvalue weighted by atomic mass is 35.5. The summed E-state index contributed by atoms with van der Waals surface area (Å²) in [6.45, 7) is 2.28. The van der Waals surface area contributed by atoms with E-state index in [0.717, 1.165) is 0 Å². The van der Waals surface area contributed by atoms with Gasteiger partial charge in [-0.3, -0.25) is 25.2 Å². The normalized spacial score (nSPS) is 11.0. The Morgan fingerprint density at radius 3 is 2.53 bits per heavy atom. The molecule has 3 aromatic rings. The second-order valence-corrected chi connectivity index (χ2v) is 7.13. The lowest BCUT2D eigenvalue weighted by atomic mass is 10.1. The van der Waals surface area contributed by atoms with Crippen LogP contribution in [0.2, 0.25) is 10.0 Å². The molecule has 9 heteroatoms. The van der Waals surface area contributed by atoms with Gasteiger partial charge in [0.05, 0.1) is 15.4 Å². The van der Waals surface area contributed by atoms with E-state index in [1.54, 1.807) is 42.5 Å². The van der Waals surface area contributed by atoms with Crippen molar-refractivity contribution in [2.45, 2.75) is 19.9 Å². The monoisotopic (exact) mass is 444 g/mol. The maximum absolute atomic E-state index is 12.6. The molecular formula is C21H18Cl2N4O3. The summed E-state index contributed by atoms with van der Waals surface area (Å²) in [7, 11) is 0. The summed E-state index contributed by atoms with van der Waals surface area (Å²) in [4.78, 5) is 37.2. The highest BCUT2D eigenvalue weighted by molar-refractivity contribution is 6.42. The summed E-state index contributed by atoms with van der Waals surface area (Å²) in [5.41, 5.74) is 4.94. The number of aryl methyl sites for hydroxylation is 1. The molecule has 0 aliphatic heterocycles. The van der Waals surface area contributed by atoms with Crippen LogP contribution in [0.1, 0.15) is 29.4 Å². The molecule has 0 unspecified atom stereocenters. The standard InChI is InChI=1S/C21H18Cl2N4O3/c1-2-12-27-21(30)15-8-4-3-7-14(15)19(26-27)20(29)25-24-17(28)11-10-13-6-5-9-16(22)18(13)23/h3-11H,2,12H2,1H3,(H,24,28)(H,25,29)/b11-10+. The smallest absolute Gasteiger partial charge is 0.268 e. The zero-order chi connectivity index (χ0) is 21.7. The van der Waals surface area contributed by atoms with Crippen molar-refractivity contribution < 1.29 is 9.59 Å². The summed E-state index contributed by atoms with van der Waals surface area (Å²) in [5.74, 6) is -1.22. The van der Waals surface area contributed by atoms with E-state index in [0.29, 0.717) is 39.3 Å². The van der Waals surface area contributed by atoms with Crippen molar-refractivity contribution in [1.82, 2.24) is 20.6 Å². The van der Waals surface area contributed by atoms with Crippen LogP contribution in [0.25, 0.3) is 16.8 Å². The minimum atomic E-state index is -0.640. The third-order valence-corrected chi connectivity index (χ3v) is 5.05. The molecule has 0 aliphatic rings. The Balaban J connectivity index is 1.78. The summed E-state index contributed by atoms with van der Waals surface area (Å²) in [5, 5.41) is 5.65. The van der Waals surface area contributed by atoms with E-state index in [9.17, 15) is 14.4 Å². The number of carbonyl (C=O) groups excluding carboxylic acids is 2. The Morgan fingerprint density at radius 2 is 1.80 bits per heavy atom. The first-order valence-corrected chi connectivity index (χ1v) is 9.90. The molecular weight excluding hydrogens is 427 g/mol. The fraction of sp³-hybridized carbons (Fsp3) is 0.143. The highest BCUT2D eigenvalue weighted by Gasteiger charge is 2.16. The number of hydrogen-bond donors (Lipinski definition) is 2. The second-order valence-electron chi connectivity index (χ2n) is 6.34. The van der Waals surface area contributed by atoms with Gasteiger partial charge in [-0.15, -0.1) is 0 Å². The van der Waals surface area contributed by atoms with Crippen LogP contribution in [0.4, 0.5) is 0 Å². The van der Waals surface area contributed by atoms with E-state index >= 15 is 0 Å². The van der Waals surface area contributed by atoms with Gasteiger partial charge in [0.15, 0.2) is 5.69 Å². The van der Waals surface area contributed by atoms with Gasteiger partial charge in [-0.25, -0.2) is 4.68 Å². The van der Waals surface area contributed by atoms with Crippen molar-refractivity contribution in [2.75, 3.05) is 0 Å². The molecule has 1 heterocycles. The van der Waals surface area contributed by atoms with Crippen molar-refractivity contribution in [2.24, 2.45) is 0 Å². The number of hydrazine groups is 1. The third kappa shape index (κ3) is 4.69. The molecule has 30 heavy (non-hydrogen) atoms. The summed E-state index contributed by atoms with van der Waals surface area (Å²) in [6.07, 6.45) is 3.37. The molecule has 0 radical (unpaired) electrons. The maximum atomic E-state index is 12.6. The number of halogens is 2. The van der Waals surface area contributed by atoms with Crippen LogP contribution in [0.3, 0.4) is 0 Å². The predicted octanol–water partition coefficient (Wildman–Crippen LogP) is 3.59. The largest absolute Gasteiger partial charge is 0.290 e. The summed E-state index contributed by atoms with van der Waals surface area (Å²) in [6, 6.07) is 11.7. The number of nitrogens with zero attached hydrogens (tertiary/aromatic N) is 2. The molecule has 2 N–H and O–H groups in total. The van der Waals surface area contributed by atoms with Gasteiger partial charge >= 0.3 is 0 Å². The zero-order valence-electron chi connectivity index (χ0n) is 16.0. The Bertz CT molecular complexity index is 1200. The fourth-order valence-corrected chi connectivity index (χ4v) is 3.17. The lowest BCUT2D eigenvalue weighted by Crippen LogP contribution is -2.42. The fourth-order valence-electron chi connectivity index (χ4n) is 2.80. The van der Waals surface area contributed by atoms with E-state index in [-0.39, 0.29) is 11.3 Å². The first kappa shape index (κ1) is 21.5. The summed E-state index contributed by atoms with van der Waals surface area (Å²) >= 11 is 12.0. The molecule has 0 bridgehead atoms. The number of benzene rings is 2. The van der Waals surface area contributed by atoms with E-state index < -0.39 is 11.8 Å². The highest BCUT2D eigenvalue weighted by Crippen LogP contribution is 2.26. The summed E-state index contributed by atoms with van der Waals surface area (Å²) < 4.78 is 1.25. The Hall–Kier alpha value is -3.16. The molecule has 0 saturated carbocycles. The average molecular weight is 445 g/mol. The second kappa shape index (κ2) is 9.56. The minimum absolute atomic E-state index is 0.0424. The van der Waals surface area contributed by atoms with Gasteiger partial charge in [0.25, 0.3) is 17.4 Å². The predicted molar refractivity (Wildman–Crippen MR) is 117 cm³/mol. The van der Waals surface area contributed by atoms with Gasteiger partial charge in [0.2, 0.25) is 0 Å².